The molecule has 6 heteroatoms. The van der Waals surface area contributed by atoms with Crippen LogP contribution in [0.2, 0.25) is 0 Å². The Balaban J connectivity index is 2.08. The average Bonchev–Trinajstić information content (AvgIpc) is 2.91. The first kappa shape index (κ1) is 15.2. The van der Waals surface area contributed by atoms with E-state index in [9.17, 15) is 4.79 Å². The molecule has 0 aliphatic heterocycles. The van der Waals surface area contributed by atoms with E-state index in [-0.39, 0.29) is 5.91 Å². The number of aromatic nitrogens is 3. The molecule has 1 unspecified atom stereocenters. The van der Waals surface area contributed by atoms with Crippen molar-refractivity contribution in [2.75, 3.05) is 11.9 Å². The van der Waals surface area contributed by atoms with Crippen LogP contribution in [0.15, 0.2) is 24.3 Å². The average molecular weight is 287 g/mol. The Bertz CT molecular complexity index is 608. The molecule has 21 heavy (non-hydrogen) atoms. The van der Waals surface area contributed by atoms with Gasteiger partial charge in [-0.1, -0.05) is 19.1 Å². The zero-order valence-electron chi connectivity index (χ0n) is 12.4. The highest BCUT2D eigenvalue weighted by atomic mass is 16.1. The predicted molar refractivity (Wildman–Crippen MR) is 82.6 cm³/mol. The summed E-state index contributed by atoms with van der Waals surface area (Å²) in [6.45, 7) is 4.48. The third-order valence-electron chi connectivity index (χ3n) is 3.31. The lowest BCUT2D eigenvalue weighted by Gasteiger charge is -2.10. The Kier molecular flexibility index (Phi) is 5.05. The first-order valence-electron chi connectivity index (χ1n) is 7.08. The van der Waals surface area contributed by atoms with Crippen molar-refractivity contribution in [3.63, 3.8) is 0 Å². The van der Waals surface area contributed by atoms with Crippen molar-refractivity contribution < 1.29 is 4.79 Å². The molecule has 0 spiro atoms. The first-order chi connectivity index (χ1) is 10.1. The number of anilines is 1. The minimum Gasteiger partial charge on any atom is -0.330 e. The summed E-state index contributed by atoms with van der Waals surface area (Å²) in [7, 11) is 0. The fourth-order valence-corrected chi connectivity index (χ4v) is 1.96. The van der Waals surface area contributed by atoms with Gasteiger partial charge in [-0.15, -0.1) is 0 Å². The summed E-state index contributed by atoms with van der Waals surface area (Å²) < 4.78 is 0. The van der Waals surface area contributed by atoms with Gasteiger partial charge in [0.2, 0.25) is 5.91 Å². The lowest BCUT2D eigenvalue weighted by molar-refractivity contribution is -0.116. The van der Waals surface area contributed by atoms with Gasteiger partial charge in [0.25, 0.3) is 0 Å². The maximum Gasteiger partial charge on any atom is 0.224 e. The second kappa shape index (κ2) is 6.99. The fraction of sp³-hybridized carbons (Fsp3) is 0.400. The van der Waals surface area contributed by atoms with E-state index in [4.69, 9.17) is 5.73 Å². The van der Waals surface area contributed by atoms with Gasteiger partial charge in [0.15, 0.2) is 5.82 Å². The molecule has 0 aliphatic carbocycles. The van der Waals surface area contributed by atoms with E-state index < -0.39 is 0 Å². The van der Waals surface area contributed by atoms with Crippen LogP contribution in [-0.2, 0) is 4.79 Å². The molecule has 0 saturated heterocycles. The van der Waals surface area contributed by atoms with Crippen molar-refractivity contribution in [3.05, 3.63) is 30.1 Å². The molecule has 1 atom stereocenters. The van der Waals surface area contributed by atoms with Crippen LogP contribution < -0.4 is 11.1 Å². The number of aryl methyl sites for hydroxylation is 1. The Labute approximate surface area is 124 Å². The normalized spacial score (nSPS) is 12.1. The number of H-pyrrole nitrogens is 1. The number of hydrogen-bond acceptors (Lipinski definition) is 4. The van der Waals surface area contributed by atoms with Crippen LogP contribution >= 0.6 is 0 Å². The molecule has 1 heterocycles. The van der Waals surface area contributed by atoms with Crippen LogP contribution in [0.3, 0.4) is 0 Å². The molecule has 0 aliphatic rings. The number of para-hydroxylation sites is 1. The van der Waals surface area contributed by atoms with Gasteiger partial charge >= 0.3 is 0 Å². The summed E-state index contributed by atoms with van der Waals surface area (Å²) in [5, 5.41) is 9.87. The number of carbonyl (C=O) groups is 1. The highest BCUT2D eigenvalue weighted by Gasteiger charge is 2.12. The van der Waals surface area contributed by atoms with Crippen molar-refractivity contribution in [1.29, 1.82) is 0 Å². The van der Waals surface area contributed by atoms with Gasteiger partial charge in [0, 0.05) is 12.0 Å². The van der Waals surface area contributed by atoms with E-state index in [1.165, 1.54) is 0 Å². The summed E-state index contributed by atoms with van der Waals surface area (Å²) in [4.78, 5) is 16.3. The summed E-state index contributed by atoms with van der Waals surface area (Å²) in [5.41, 5.74) is 7.09. The molecule has 112 valence electrons. The van der Waals surface area contributed by atoms with E-state index in [1.807, 2.05) is 38.1 Å². The monoisotopic (exact) mass is 287 g/mol. The fourth-order valence-electron chi connectivity index (χ4n) is 1.96. The number of nitrogens with one attached hydrogen (secondary N) is 2. The van der Waals surface area contributed by atoms with Gasteiger partial charge in [-0.3, -0.25) is 9.89 Å². The van der Waals surface area contributed by atoms with E-state index in [2.05, 4.69) is 20.5 Å². The van der Waals surface area contributed by atoms with Gasteiger partial charge < -0.3 is 11.1 Å². The zero-order chi connectivity index (χ0) is 15.2. The van der Waals surface area contributed by atoms with Crippen molar-refractivity contribution in [2.45, 2.75) is 26.7 Å². The molecule has 0 radical (unpaired) electrons. The molecule has 2 aromatic rings. The summed E-state index contributed by atoms with van der Waals surface area (Å²) in [6.07, 6.45) is 1.24. The number of nitrogens with two attached hydrogens (primary N) is 1. The minimum absolute atomic E-state index is 0.0185. The Hall–Kier alpha value is -2.21. The second-order valence-corrected chi connectivity index (χ2v) is 5.22. The third-order valence-corrected chi connectivity index (χ3v) is 3.31. The predicted octanol–water partition coefficient (Wildman–Crippen LogP) is 2.09. The Morgan fingerprint density at radius 2 is 2.19 bits per heavy atom. The molecule has 6 nitrogen and oxygen atoms in total. The van der Waals surface area contributed by atoms with E-state index in [1.54, 1.807) is 0 Å². The Morgan fingerprint density at radius 3 is 2.86 bits per heavy atom. The highest BCUT2D eigenvalue weighted by molar-refractivity contribution is 5.94. The molecule has 0 fully saturated rings. The molecule has 1 amide bonds. The largest absolute Gasteiger partial charge is 0.330 e. The van der Waals surface area contributed by atoms with Gasteiger partial charge in [0.05, 0.1) is 5.69 Å². The Morgan fingerprint density at radius 1 is 1.43 bits per heavy atom. The van der Waals surface area contributed by atoms with Crippen molar-refractivity contribution in [1.82, 2.24) is 15.2 Å². The molecule has 1 aromatic carbocycles. The maximum absolute atomic E-state index is 12.0. The third kappa shape index (κ3) is 4.13. The number of benzene rings is 1. The van der Waals surface area contributed by atoms with Gasteiger partial charge in [-0.2, -0.15) is 5.10 Å². The summed E-state index contributed by atoms with van der Waals surface area (Å²) in [5.74, 6) is 1.65. The SMILES string of the molecule is Cc1nc(-c2ccccc2NC(=O)CCC(C)CN)n[nH]1. The number of amides is 1. The van der Waals surface area contributed by atoms with Crippen LogP contribution in [0.4, 0.5) is 5.69 Å². The maximum atomic E-state index is 12.0. The van der Waals surface area contributed by atoms with E-state index in [0.29, 0.717) is 24.7 Å². The summed E-state index contributed by atoms with van der Waals surface area (Å²) >= 11 is 0. The quantitative estimate of drug-likeness (QED) is 0.758. The highest BCUT2D eigenvalue weighted by Crippen LogP contribution is 2.25. The number of aromatic amines is 1. The van der Waals surface area contributed by atoms with Gasteiger partial charge in [0.1, 0.15) is 5.82 Å². The van der Waals surface area contributed by atoms with E-state index in [0.717, 1.165) is 23.5 Å². The molecule has 2 rings (SSSR count). The molecule has 0 bridgehead atoms. The van der Waals surface area contributed by atoms with E-state index >= 15 is 0 Å². The van der Waals surface area contributed by atoms with Crippen molar-refractivity contribution >= 4 is 11.6 Å². The number of carbonyl (C=O) groups excluding carboxylic acids is 1. The van der Waals surface area contributed by atoms with Crippen LogP contribution in [0.1, 0.15) is 25.6 Å². The standard InChI is InChI=1S/C15H21N5O/c1-10(9-16)7-8-14(21)18-13-6-4-3-5-12(13)15-17-11(2)19-20-15/h3-6,10H,7-9,16H2,1-2H3,(H,18,21)(H,17,19,20). The minimum atomic E-state index is -0.0185. The molecular weight excluding hydrogens is 266 g/mol. The molecular formula is C15H21N5O. The summed E-state index contributed by atoms with van der Waals surface area (Å²) in [6, 6.07) is 7.51. The van der Waals surface area contributed by atoms with Crippen LogP contribution in [0.5, 0.6) is 0 Å². The molecule has 1 aromatic heterocycles. The number of hydrogen-bond donors (Lipinski definition) is 3. The molecule has 4 N–H and O–H groups in total. The number of nitrogens with zero attached hydrogens (tertiary/aromatic N) is 2. The van der Waals surface area contributed by atoms with Crippen LogP contribution in [0.25, 0.3) is 11.4 Å². The second-order valence-electron chi connectivity index (χ2n) is 5.22. The van der Waals surface area contributed by atoms with Crippen molar-refractivity contribution in [3.8, 4) is 11.4 Å². The van der Waals surface area contributed by atoms with Gasteiger partial charge in [-0.05, 0) is 37.9 Å². The van der Waals surface area contributed by atoms with Gasteiger partial charge in [-0.25, -0.2) is 4.98 Å². The lowest BCUT2D eigenvalue weighted by Crippen LogP contribution is -2.16. The smallest absolute Gasteiger partial charge is 0.224 e. The van der Waals surface area contributed by atoms with Crippen molar-refractivity contribution in [2.24, 2.45) is 11.7 Å². The number of rotatable bonds is 6. The lowest BCUT2D eigenvalue weighted by atomic mass is 10.1. The van der Waals surface area contributed by atoms with Crippen LogP contribution in [0, 0.1) is 12.8 Å². The zero-order valence-corrected chi connectivity index (χ0v) is 12.4. The first-order valence-corrected chi connectivity index (χ1v) is 7.08. The molecule has 0 saturated carbocycles. The topological polar surface area (TPSA) is 96.7 Å². The van der Waals surface area contributed by atoms with Crippen LogP contribution in [-0.4, -0.2) is 27.6 Å².